The van der Waals surface area contributed by atoms with E-state index in [0.29, 0.717) is 48.1 Å². The molecule has 0 saturated carbocycles. The summed E-state index contributed by atoms with van der Waals surface area (Å²) < 4.78 is 2.12. The molecule has 6 rings (SSSR count). The van der Waals surface area contributed by atoms with Crippen molar-refractivity contribution in [2.24, 2.45) is 0 Å². The molecular weight excluding hydrogens is 495 g/mol. The Bertz CT molecular complexity index is 1450. The number of hydrogen-bond donors (Lipinski definition) is 0. The fourth-order valence-electron chi connectivity index (χ4n) is 5.56. The summed E-state index contributed by atoms with van der Waals surface area (Å²) in [6.07, 6.45) is 2.77. The number of amides is 1. The second kappa shape index (κ2) is 9.36. The van der Waals surface area contributed by atoms with E-state index in [1.807, 2.05) is 53.6 Å². The lowest BCUT2D eigenvalue weighted by Gasteiger charge is -2.49. The smallest absolute Gasteiger partial charge is 0.254 e. The lowest BCUT2D eigenvalue weighted by molar-refractivity contribution is -0.127. The number of piperazine rings is 1. The van der Waals surface area contributed by atoms with Crippen LogP contribution in [-0.2, 0) is 11.3 Å². The number of carbonyl (C=O) groups is 2. The molecule has 2 saturated heterocycles. The number of carbonyl (C=O) groups excluding carboxylic acids is 2. The lowest BCUT2D eigenvalue weighted by Crippen LogP contribution is -2.63. The van der Waals surface area contributed by atoms with Gasteiger partial charge in [-0.2, -0.15) is 0 Å². The van der Waals surface area contributed by atoms with E-state index in [2.05, 4.69) is 9.30 Å². The van der Waals surface area contributed by atoms with Crippen LogP contribution in [0, 0.1) is 0 Å². The van der Waals surface area contributed by atoms with Crippen molar-refractivity contribution in [1.82, 2.24) is 19.2 Å². The van der Waals surface area contributed by atoms with Gasteiger partial charge in [-0.05, 0) is 42.5 Å². The number of ketones is 1. The Kier molecular flexibility index (Phi) is 6.04. The number of nitrogens with zero attached hydrogens (tertiary/aromatic N) is 4. The van der Waals surface area contributed by atoms with E-state index in [1.54, 1.807) is 24.3 Å². The highest BCUT2D eigenvalue weighted by atomic mass is 35.5. The summed E-state index contributed by atoms with van der Waals surface area (Å²) in [5.41, 5.74) is 4.43. The van der Waals surface area contributed by atoms with Crippen LogP contribution in [0.15, 0.2) is 72.9 Å². The molecule has 8 heteroatoms. The molecule has 0 aliphatic carbocycles. The minimum Gasteiger partial charge on any atom is -0.329 e. The number of piperidine rings is 1. The van der Waals surface area contributed by atoms with Crippen LogP contribution >= 0.6 is 23.2 Å². The Morgan fingerprint density at radius 1 is 0.917 bits per heavy atom. The number of likely N-dealkylation sites (tertiary alicyclic amines) is 1. The van der Waals surface area contributed by atoms with Crippen LogP contribution in [-0.4, -0.2) is 56.0 Å². The van der Waals surface area contributed by atoms with Gasteiger partial charge < -0.3 is 9.30 Å². The maximum Gasteiger partial charge on any atom is 0.254 e. The van der Waals surface area contributed by atoms with Crippen LogP contribution in [0.1, 0.15) is 28.9 Å². The minimum absolute atomic E-state index is 0.0590. The van der Waals surface area contributed by atoms with Crippen molar-refractivity contribution >= 4 is 40.5 Å². The van der Waals surface area contributed by atoms with Crippen LogP contribution in [0.2, 0.25) is 10.0 Å². The largest absolute Gasteiger partial charge is 0.329 e. The van der Waals surface area contributed by atoms with Gasteiger partial charge in [0, 0.05) is 59.8 Å². The molecule has 1 amide bonds. The first-order chi connectivity index (χ1) is 17.5. The molecule has 2 aliphatic heterocycles. The summed E-state index contributed by atoms with van der Waals surface area (Å²) in [6, 6.07) is 20.4. The van der Waals surface area contributed by atoms with Crippen molar-refractivity contribution in [3.63, 3.8) is 0 Å². The van der Waals surface area contributed by atoms with Crippen molar-refractivity contribution in [3.05, 3.63) is 94.2 Å². The molecule has 2 fully saturated rings. The van der Waals surface area contributed by atoms with Crippen LogP contribution in [0.3, 0.4) is 0 Å². The van der Waals surface area contributed by atoms with Crippen molar-refractivity contribution < 1.29 is 9.59 Å². The van der Waals surface area contributed by atoms with Crippen LogP contribution < -0.4 is 0 Å². The summed E-state index contributed by atoms with van der Waals surface area (Å²) in [6.45, 7) is 1.90. The van der Waals surface area contributed by atoms with Gasteiger partial charge in [-0.3, -0.25) is 14.5 Å². The van der Waals surface area contributed by atoms with Gasteiger partial charge in [-0.1, -0.05) is 47.5 Å². The lowest BCUT2D eigenvalue weighted by atomic mass is 9.89. The molecule has 6 nitrogen and oxygen atoms in total. The number of Topliss-reactive ketones (excluding diaryl/α,β-unsaturated/α-hetero) is 1. The van der Waals surface area contributed by atoms with Crippen LogP contribution in [0.4, 0.5) is 0 Å². The molecule has 2 aliphatic rings. The average molecular weight is 519 g/mol. The summed E-state index contributed by atoms with van der Waals surface area (Å²) in [4.78, 5) is 35.1. The van der Waals surface area contributed by atoms with Crippen molar-refractivity contribution in [1.29, 1.82) is 0 Å². The molecule has 4 aromatic rings. The molecule has 2 aromatic carbocycles. The topological polar surface area (TPSA) is 57.9 Å². The Labute approximate surface area is 219 Å². The molecule has 36 heavy (non-hydrogen) atoms. The number of pyridine rings is 1. The quantitative estimate of drug-likeness (QED) is 0.364. The van der Waals surface area contributed by atoms with Gasteiger partial charge in [0.1, 0.15) is 11.4 Å². The Morgan fingerprint density at radius 3 is 2.39 bits per heavy atom. The number of fused-ring (bicyclic) bond motifs is 3. The summed E-state index contributed by atoms with van der Waals surface area (Å²) in [5.74, 6) is 0.160. The number of rotatable bonds is 4. The maximum atomic E-state index is 13.4. The van der Waals surface area contributed by atoms with E-state index < -0.39 is 0 Å². The van der Waals surface area contributed by atoms with Gasteiger partial charge in [0.05, 0.1) is 23.5 Å². The highest BCUT2D eigenvalue weighted by molar-refractivity contribution is 6.31. The SMILES string of the molecule is O=C1CC2CN(Cc3c(-c4ccc(Cl)cc4)nc4ccccn34)CC(C1)N2C(=O)c1cccc(Cl)c1. The van der Waals surface area contributed by atoms with Crippen LogP contribution in [0.25, 0.3) is 16.9 Å². The number of imidazole rings is 1. The summed E-state index contributed by atoms with van der Waals surface area (Å²) >= 11 is 12.3. The van der Waals surface area contributed by atoms with E-state index in [-0.39, 0.29) is 23.8 Å². The van der Waals surface area contributed by atoms with Gasteiger partial charge in [0.2, 0.25) is 0 Å². The molecule has 0 spiro atoms. The fraction of sp³-hybridized carbons (Fsp3) is 0.250. The Morgan fingerprint density at radius 2 is 1.67 bits per heavy atom. The zero-order valence-corrected chi connectivity index (χ0v) is 21.0. The van der Waals surface area contributed by atoms with Crippen molar-refractivity contribution in [2.75, 3.05) is 13.1 Å². The first kappa shape index (κ1) is 23.2. The van der Waals surface area contributed by atoms with Crippen LogP contribution in [0.5, 0.6) is 0 Å². The van der Waals surface area contributed by atoms with Gasteiger partial charge in [0.15, 0.2) is 0 Å². The zero-order chi connectivity index (χ0) is 24.8. The van der Waals surface area contributed by atoms with Gasteiger partial charge >= 0.3 is 0 Å². The predicted octanol–water partition coefficient (Wildman–Crippen LogP) is 5.37. The van der Waals surface area contributed by atoms with E-state index in [0.717, 1.165) is 22.6 Å². The molecule has 2 atom stereocenters. The fourth-order valence-corrected chi connectivity index (χ4v) is 5.88. The number of halogens is 2. The Hall–Kier alpha value is -3.19. The third kappa shape index (κ3) is 4.30. The summed E-state index contributed by atoms with van der Waals surface area (Å²) in [7, 11) is 0. The molecule has 182 valence electrons. The molecule has 0 radical (unpaired) electrons. The second-order valence-corrected chi connectivity index (χ2v) is 10.4. The van der Waals surface area contributed by atoms with Crippen molar-refractivity contribution in [3.8, 4) is 11.3 Å². The van der Waals surface area contributed by atoms with Crippen molar-refractivity contribution in [2.45, 2.75) is 31.5 Å². The predicted molar refractivity (Wildman–Crippen MR) is 140 cm³/mol. The van der Waals surface area contributed by atoms with Gasteiger partial charge in [-0.25, -0.2) is 4.98 Å². The van der Waals surface area contributed by atoms with E-state index in [1.165, 1.54) is 0 Å². The number of hydrogen-bond acceptors (Lipinski definition) is 4. The molecule has 2 unspecified atom stereocenters. The first-order valence-electron chi connectivity index (χ1n) is 12.0. The molecule has 4 heterocycles. The zero-order valence-electron chi connectivity index (χ0n) is 19.5. The number of benzene rings is 2. The number of aromatic nitrogens is 2. The van der Waals surface area contributed by atoms with E-state index in [4.69, 9.17) is 28.2 Å². The van der Waals surface area contributed by atoms with Gasteiger partial charge in [-0.15, -0.1) is 0 Å². The molecule has 0 N–H and O–H groups in total. The standard InChI is InChI=1S/C28H24Cl2N4O2/c29-20-9-7-18(8-10-20)27-25(33-11-2-1-6-26(33)31-27)17-32-15-22-13-24(35)14-23(16-32)34(22)28(36)19-4-3-5-21(30)12-19/h1-12,22-23H,13-17H2. The molecule has 2 bridgehead atoms. The third-order valence-electron chi connectivity index (χ3n) is 7.08. The van der Waals surface area contributed by atoms with Gasteiger partial charge in [0.25, 0.3) is 5.91 Å². The minimum atomic E-state index is -0.172. The Balaban J connectivity index is 1.31. The molecular formula is C28H24Cl2N4O2. The summed E-state index contributed by atoms with van der Waals surface area (Å²) in [5, 5.41) is 1.21. The normalized spacial score (nSPS) is 20.2. The monoisotopic (exact) mass is 518 g/mol. The van der Waals surface area contributed by atoms with E-state index >= 15 is 0 Å². The highest BCUT2D eigenvalue weighted by Crippen LogP contribution is 2.32. The first-order valence-corrected chi connectivity index (χ1v) is 12.8. The second-order valence-electron chi connectivity index (χ2n) is 9.51. The van der Waals surface area contributed by atoms with E-state index in [9.17, 15) is 9.59 Å². The maximum absolute atomic E-state index is 13.4. The average Bonchev–Trinajstić information content (AvgIpc) is 3.21. The molecule has 2 aromatic heterocycles. The highest BCUT2D eigenvalue weighted by Gasteiger charge is 2.43. The third-order valence-corrected chi connectivity index (χ3v) is 7.56.